The van der Waals surface area contributed by atoms with E-state index in [4.69, 9.17) is 0 Å². The molecule has 6 nitrogen and oxygen atoms in total. The molecule has 3 rings (SSSR count). The standard InChI is InChI=1S/C19H18BrN3O3/c20-13-5-3-4-12(10-13)18(25)21-11-17(24)23-16-7-2-1-6-15(16)19(26)22-14-8-9-14/h1-7,10,14H,8-9,11H2,(H,21,25)(H,22,26)(H,23,24). The molecule has 1 fully saturated rings. The van der Waals surface area contributed by atoms with Crippen LogP contribution in [0.1, 0.15) is 33.6 Å². The summed E-state index contributed by atoms with van der Waals surface area (Å²) in [4.78, 5) is 36.5. The zero-order valence-corrected chi connectivity index (χ0v) is 15.5. The summed E-state index contributed by atoms with van der Waals surface area (Å²) < 4.78 is 0.783. The van der Waals surface area contributed by atoms with Crippen LogP contribution in [0.2, 0.25) is 0 Å². The molecule has 1 aliphatic carbocycles. The van der Waals surface area contributed by atoms with Gasteiger partial charge in [-0.25, -0.2) is 0 Å². The molecule has 0 bridgehead atoms. The molecule has 0 saturated heterocycles. The van der Waals surface area contributed by atoms with Gasteiger partial charge in [0, 0.05) is 16.1 Å². The van der Waals surface area contributed by atoms with Gasteiger partial charge in [-0.05, 0) is 43.2 Å². The predicted molar refractivity (Wildman–Crippen MR) is 102 cm³/mol. The third-order valence-electron chi connectivity index (χ3n) is 3.85. The molecular formula is C19H18BrN3O3. The van der Waals surface area contributed by atoms with Crippen LogP contribution in [0.3, 0.4) is 0 Å². The van der Waals surface area contributed by atoms with Gasteiger partial charge >= 0.3 is 0 Å². The molecule has 0 heterocycles. The highest BCUT2D eigenvalue weighted by Crippen LogP contribution is 2.21. The topological polar surface area (TPSA) is 87.3 Å². The number of para-hydroxylation sites is 1. The van der Waals surface area contributed by atoms with Crippen LogP contribution in [0.4, 0.5) is 5.69 Å². The summed E-state index contributed by atoms with van der Waals surface area (Å²) in [7, 11) is 0. The lowest BCUT2D eigenvalue weighted by molar-refractivity contribution is -0.115. The van der Waals surface area contributed by atoms with Gasteiger partial charge in [0.15, 0.2) is 0 Å². The molecule has 7 heteroatoms. The van der Waals surface area contributed by atoms with Crippen LogP contribution in [0.15, 0.2) is 53.0 Å². The average molecular weight is 416 g/mol. The molecule has 0 unspecified atom stereocenters. The maximum absolute atomic E-state index is 12.2. The van der Waals surface area contributed by atoms with E-state index in [1.54, 1.807) is 42.5 Å². The Balaban J connectivity index is 1.58. The van der Waals surface area contributed by atoms with E-state index in [9.17, 15) is 14.4 Å². The van der Waals surface area contributed by atoms with E-state index in [1.165, 1.54) is 0 Å². The van der Waals surface area contributed by atoms with Gasteiger partial charge in [-0.15, -0.1) is 0 Å². The second-order valence-electron chi connectivity index (χ2n) is 6.03. The first-order chi connectivity index (χ1) is 12.5. The molecule has 2 aromatic rings. The Morgan fingerprint density at radius 2 is 1.77 bits per heavy atom. The van der Waals surface area contributed by atoms with Crippen molar-refractivity contribution >= 4 is 39.3 Å². The molecule has 2 aromatic carbocycles. The molecular weight excluding hydrogens is 398 g/mol. The predicted octanol–water partition coefficient (Wildman–Crippen LogP) is 2.71. The van der Waals surface area contributed by atoms with E-state index in [-0.39, 0.29) is 24.4 Å². The van der Waals surface area contributed by atoms with Crippen molar-refractivity contribution in [3.8, 4) is 0 Å². The summed E-state index contributed by atoms with van der Waals surface area (Å²) in [5.74, 6) is -0.956. The molecule has 0 aromatic heterocycles. The van der Waals surface area contributed by atoms with Crippen molar-refractivity contribution < 1.29 is 14.4 Å². The number of halogens is 1. The minimum absolute atomic E-state index is 0.191. The van der Waals surface area contributed by atoms with Crippen LogP contribution in [-0.4, -0.2) is 30.3 Å². The van der Waals surface area contributed by atoms with Gasteiger partial charge in [0.2, 0.25) is 5.91 Å². The van der Waals surface area contributed by atoms with Crippen molar-refractivity contribution in [2.75, 3.05) is 11.9 Å². The zero-order valence-electron chi connectivity index (χ0n) is 13.9. The molecule has 1 saturated carbocycles. The van der Waals surface area contributed by atoms with Crippen LogP contribution < -0.4 is 16.0 Å². The first-order valence-electron chi connectivity index (χ1n) is 8.26. The molecule has 3 N–H and O–H groups in total. The lowest BCUT2D eigenvalue weighted by Gasteiger charge is -2.11. The zero-order chi connectivity index (χ0) is 18.5. The number of nitrogens with one attached hydrogen (secondary N) is 3. The third kappa shape index (κ3) is 4.92. The lowest BCUT2D eigenvalue weighted by Crippen LogP contribution is -2.33. The van der Waals surface area contributed by atoms with Crippen LogP contribution in [0.5, 0.6) is 0 Å². The van der Waals surface area contributed by atoms with Crippen molar-refractivity contribution in [2.24, 2.45) is 0 Å². The van der Waals surface area contributed by atoms with Crippen molar-refractivity contribution in [3.05, 3.63) is 64.1 Å². The second-order valence-corrected chi connectivity index (χ2v) is 6.95. The average Bonchev–Trinajstić information content (AvgIpc) is 3.44. The first-order valence-corrected chi connectivity index (χ1v) is 9.06. The van der Waals surface area contributed by atoms with Gasteiger partial charge in [-0.3, -0.25) is 14.4 Å². The summed E-state index contributed by atoms with van der Waals surface area (Å²) >= 11 is 3.30. The SMILES string of the molecule is O=C(CNC(=O)c1cccc(Br)c1)Nc1ccccc1C(=O)NC1CC1. The van der Waals surface area contributed by atoms with Gasteiger partial charge in [0.25, 0.3) is 11.8 Å². The second kappa shape index (κ2) is 8.14. The largest absolute Gasteiger partial charge is 0.349 e. The van der Waals surface area contributed by atoms with Gasteiger partial charge in [-0.1, -0.05) is 34.1 Å². The Labute approximate surface area is 159 Å². The van der Waals surface area contributed by atoms with Crippen LogP contribution in [0, 0.1) is 0 Å². The molecule has 134 valence electrons. The minimum Gasteiger partial charge on any atom is -0.349 e. The fourth-order valence-corrected chi connectivity index (χ4v) is 2.77. The van der Waals surface area contributed by atoms with E-state index < -0.39 is 5.91 Å². The number of rotatable bonds is 6. The van der Waals surface area contributed by atoms with E-state index in [0.29, 0.717) is 16.8 Å². The van der Waals surface area contributed by atoms with E-state index in [1.807, 2.05) is 6.07 Å². The summed E-state index contributed by atoms with van der Waals surface area (Å²) in [5.41, 5.74) is 1.29. The van der Waals surface area contributed by atoms with Gasteiger partial charge in [0.05, 0.1) is 17.8 Å². The summed E-state index contributed by atoms with van der Waals surface area (Å²) in [6.45, 7) is -0.191. The van der Waals surface area contributed by atoms with Crippen molar-refractivity contribution in [3.63, 3.8) is 0 Å². The van der Waals surface area contributed by atoms with Crippen LogP contribution in [-0.2, 0) is 4.79 Å². The number of hydrogen-bond acceptors (Lipinski definition) is 3. The Bertz CT molecular complexity index is 849. The summed E-state index contributed by atoms with van der Waals surface area (Å²) in [6, 6.07) is 13.9. The van der Waals surface area contributed by atoms with E-state index in [0.717, 1.165) is 17.3 Å². The molecule has 3 amide bonds. The monoisotopic (exact) mass is 415 g/mol. The van der Waals surface area contributed by atoms with E-state index >= 15 is 0 Å². The Morgan fingerprint density at radius 3 is 2.50 bits per heavy atom. The van der Waals surface area contributed by atoms with Crippen molar-refractivity contribution in [1.29, 1.82) is 0 Å². The molecule has 0 spiro atoms. The number of carbonyl (C=O) groups excluding carboxylic acids is 3. The normalized spacial score (nSPS) is 13.0. The molecule has 26 heavy (non-hydrogen) atoms. The van der Waals surface area contributed by atoms with Crippen LogP contribution in [0.25, 0.3) is 0 Å². The van der Waals surface area contributed by atoms with Gasteiger partial charge in [-0.2, -0.15) is 0 Å². The Kier molecular flexibility index (Phi) is 5.68. The van der Waals surface area contributed by atoms with E-state index in [2.05, 4.69) is 31.9 Å². The molecule has 0 radical (unpaired) electrons. The Hall–Kier alpha value is -2.67. The fraction of sp³-hybridized carbons (Fsp3) is 0.211. The van der Waals surface area contributed by atoms with Crippen LogP contribution >= 0.6 is 15.9 Å². The van der Waals surface area contributed by atoms with Gasteiger partial charge < -0.3 is 16.0 Å². The van der Waals surface area contributed by atoms with Crippen molar-refractivity contribution in [2.45, 2.75) is 18.9 Å². The fourth-order valence-electron chi connectivity index (χ4n) is 2.37. The molecule has 1 aliphatic rings. The number of anilines is 1. The first kappa shape index (κ1) is 18.1. The number of benzene rings is 2. The molecule has 0 atom stereocenters. The maximum Gasteiger partial charge on any atom is 0.253 e. The van der Waals surface area contributed by atoms with Gasteiger partial charge in [0.1, 0.15) is 0 Å². The highest BCUT2D eigenvalue weighted by Gasteiger charge is 2.25. The number of hydrogen-bond donors (Lipinski definition) is 3. The Morgan fingerprint density at radius 1 is 1.00 bits per heavy atom. The summed E-state index contributed by atoms with van der Waals surface area (Å²) in [6.07, 6.45) is 1.98. The molecule has 0 aliphatic heterocycles. The number of amides is 3. The quantitative estimate of drug-likeness (QED) is 0.677. The highest BCUT2D eigenvalue weighted by atomic mass is 79.9. The lowest BCUT2D eigenvalue weighted by atomic mass is 10.1. The number of carbonyl (C=O) groups is 3. The summed E-state index contributed by atoms with van der Waals surface area (Å²) in [5, 5.41) is 8.14. The minimum atomic E-state index is -0.403. The smallest absolute Gasteiger partial charge is 0.253 e. The third-order valence-corrected chi connectivity index (χ3v) is 4.35. The highest BCUT2D eigenvalue weighted by molar-refractivity contribution is 9.10. The van der Waals surface area contributed by atoms with Crippen molar-refractivity contribution in [1.82, 2.24) is 10.6 Å². The maximum atomic E-state index is 12.2.